The largest absolute Gasteiger partial charge is 0.452 e. The van der Waals surface area contributed by atoms with Gasteiger partial charge < -0.3 is 4.42 Å². The van der Waals surface area contributed by atoms with Crippen molar-refractivity contribution >= 4 is 11.1 Å². The highest BCUT2D eigenvalue weighted by Crippen LogP contribution is 2.32. The lowest BCUT2D eigenvalue weighted by Gasteiger charge is -2.03. The van der Waals surface area contributed by atoms with E-state index in [4.69, 9.17) is 4.42 Å². The van der Waals surface area contributed by atoms with E-state index in [-0.39, 0.29) is 0 Å². The molecule has 24 heavy (non-hydrogen) atoms. The summed E-state index contributed by atoms with van der Waals surface area (Å²) in [7, 11) is 0. The fourth-order valence-corrected chi connectivity index (χ4v) is 2.88. The lowest BCUT2D eigenvalue weighted by atomic mass is 10.1. The van der Waals surface area contributed by atoms with Gasteiger partial charge in [-0.25, -0.2) is 0 Å². The molecule has 4 nitrogen and oxygen atoms in total. The second kappa shape index (κ2) is 5.96. The smallest absolute Gasteiger partial charge is 0.161 e. The Balaban J connectivity index is 1.77. The van der Waals surface area contributed by atoms with E-state index in [9.17, 15) is 0 Å². The molecule has 0 aliphatic heterocycles. The molecular formula is C20H19N3O. The van der Waals surface area contributed by atoms with E-state index in [0.717, 1.165) is 40.2 Å². The molecule has 4 rings (SSSR count). The summed E-state index contributed by atoms with van der Waals surface area (Å²) in [5.74, 6) is 1.31. The summed E-state index contributed by atoms with van der Waals surface area (Å²) < 4.78 is 8.08. The summed E-state index contributed by atoms with van der Waals surface area (Å²) in [6, 6.07) is 16.2. The van der Waals surface area contributed by atoms with Gasteiger partial charge in [0, 0.05) is 30.6 Å². The molecule has 0 aliphatic rings. The van der Waals surface area contributed by atoms with Crippen molar-refractivity contribution in [2.75, 3.05) is 0 Å². The highest BCUT2D eigenvalue weighted by molar-refractivity contribution is 5.92. The summed E-state index contributed by atoms with van der Waals surface area (Å²) in [6.45, 7) is 5.25. The first-order valence-electron chi connectivity index (χ1n) is 8.18. The lowest BCUT2D eigenvalue weighted by Crippen LogP contribution is -2.04. The van der Waals surface area contributed by atoms with Crippen LogP contribution in [-0.4, -0.2) is 14.8 Å². The third-order valence-corrected chi connectivity index (χ3v) is 3.94. The zero-order valence-electron chi connectivity index (χ0n) is 13.8. The van der Waals surface area contributed by atoms with Gasteiger partial charge in [0.2, 0.25) is 0 Å². The quantitative estimate of drug-likeness (QED) is 0.531. The van der Waals surface area contributed by atoms with E-state index in [1.165, 1.54) is 0 Å². The Morgan fingerprint density at radius 3 is 2.71 bits per heavy atom. The average molecular weight is 317 g/mol. The lowest BCUT2D eigenvalue weighted by molar-refractivity contribution is 0.483. The third kappa shape index (κ3) is 2.71. The molecule has 0 saturated carbocycles. The van der Waals surface area contributed by atoms with Crippen LogP contribution in [0.2, 0.25) is 0 Å². The molecule has 1 aromatic carbocycles. The molecule has 4 aromatic rings. The van der Waals surface area contributed by atoms with Crippen LogP contribution in [0.15, 0.2) is 65.3 Å². The van der Waals surface area contributed by atoms with Gasteiger partial charge >= 0.3 is 0 Å². The van der Waals surface area contributed by atoms with Gasteiger partial charge in [-0.05, 0) is 23.6 Å². The summed E-state index contributed by atoms with van der Waals surface area (Å²) in [5.41, 5.74) is 4.67. The first kappa shape index (κ1) is 14.7. The minimum Gasteiger partial charge on any atom is -0.452 e. The van der Waals surface area contributed by atoms with Gasteiger partial charge in [-0.1, -0.05) is 44.2 Å². The molecule has 0 atom stereocenters. The number of nitrogens with zero attached hydrogens (tertiary/aromatic N) is 3. The average Bonchev–Trinajstić information content (AvgIpc) is 3.21. The molecule has 120 valence electrons. The van der Waals surface area contributed by atoms with Crippen molar-refractivity contribution in [1.82, 2.24) is 14.8 Å². The maximum absolute atomic E-state index is 6.12. The number of benzene rings is 1. The Morgan fingerprint density at radius 1 is 1.08 bits per heavy atom. The predicted molar refractivity (Wildman–Crippen MR) is 95.5 cm³/mol. The van der Waals surface area contributed by atoms with Crippen molar-refractivity contribution in [3.63, 3.8) is 0 Å². The molecule has 0 bridgehead atoms. The standard InChI is InChI=1S/C20H19N3O/c1-14(2)13-23-11-9-17(22-23)19-12-18-20(24-19)16(8-10-21-18)15-6-4-3-5-7-15/h3-12,14H,13H2,1-2H3. The molecule has 0 N–H and O–H groups in total. The molecule has 3 aromatic heterocycles. The second-order valence-corrected chi connectivity index (χ2v) is 6.37. The molecule has 0 saturated heterocycles. The SMILES string of the molecule is CC(C)Cn1ccc(-c2cc3nccc(-c4ccccc4)c3o2)n1. The first-order chi connectivity index (χ1) is 11.7. The minimum atomic E-state index is 0.555. The topological polar surface area (TPSA) is 43.9 Å². The van der Waals surface area contributed by atoms with Crippen molar-refractivity contribution < 1.29 is 4.42 Å². The van der Waals surface area contributed by atoms with Crippen LogP contribution in [0, 0.1) is 5.92 Å². The number of hydrogen-bond donors (Lipinski definition) is 0. The van der Waals surface area contributed by atoms with Gasteiger partial charge in [0.1, 0.15) is 11.2 Å². The summed E-state index contributed by atoms with van der Waals surface area (Å²) in [4.78, 5) is 4.44. The molecule has 0 radical (unpaired) electrons. The maximum Gasteiger partial charge on any atom is 0.161 e. The number of furan rings is 1. The number of hydrogen-bond acceptors (Lipinski definition) is 3. The molecule has 3 heterocycles. The Hall–Kier alpha value is -2.88. The van der Waals surface area contributed by atoms with E-state index < -0.39 is 0 Å². The number of pyridine rings is 1. The van der Waals surface area contributed by atoms with Crippen LogP contribution in [0.25, 0.3) is 33.7 Å². The molecule has 0 amide bonds. The van der Waals surface area contributed by atoms with Crippen LogP contribution in [0.3, 0.4) is 0 Å². The van der Waals surface area contributed by atoms with Crippen molar-refractivity contribution in [3.8, 4) is 22.6 Å². The van der Waals surface area contributed by atoms with E-state index in [1.807, 2.05) is 53.5 Å². The highest BCUT2D eigenvalue weighted by atomic mass is 16.3. The molecule has 4 heteroatoms. The molecule has 0 aliphatic carbocycles. The summed E-state index contributed by atoms with van der Waals surface area (Å²) in [6.07, 6.45) is 3.81. The van der Waals surface area contributed by atoms with Gasteiger partial charge in [0.05, 0.1) is 0 Å². The molecule has 0 unspecified atom stereocenters. The fraction of sp³-hybridized carbons (Fsp3) is 0.200. The van der Waals surface area contributed by atoms with Crippen molar-refractivity contribution in [2.45, 2.75) is 20.4 Å². The third-order valence-electron chi connectivity index (χ3n) is 3.94. The van der Waals surface area contributed by atoms with Crippen molar-refractivity contribution in [1.29, 1.82) is 0 Å². The fourth-order valence-electron chi connectivity index (χ4n) is 2.88. The van der Waals surface area contributed by atoms with E-state index in [0.29, 0.717) is 5.92 Å². The van der Waals surface area contributed by atoms with E-state index in [1.54, 1.807) is 0 Å². The number of rotatable bonds is 4. The Morgan fingerprint density at radius 2 is 1.92 bits per heavy atom. The number of fused-ring (bicyclic) bond motifs is 1. The van der Waals surface area contributed by atoms with E-state index in [2.05, 4.69) is 36.1 Å². The van der Waals surface area contributed by atoms with Gasteiger partial charge in [-0.15, -0.1) is 0 Å². The predicted octanol–water partition coefficient (Wildman–Crippen LogP) is 5.01. The van der Waals surface area contributed by atoms with Crippen molar-refractivity contribution in [2.24, 2.45) is 5.92 Å². The minimum absolute atomic E-state index is 0.555. The van der Waals surface area contributed by atoms with Crippen LogP contribution in [0.5, 0.6) is 0 Å². The number of aromatic nitrogens is 3. The second-order valence-electron chi connectivity index (χ2n) is 6.37. The highest BCUT2D eigenvalue weighted by Gasteiger charge is 2.14. The van der Waals surface area contributed by atoms with Crippen LogP contribution in [0.4, 0.5) is 0 Å². The Bertz CT molecular complexity index is 967. The Labute approximate surface area is 140 Å². The molecular weight excluding hydrogens is 298 g/mol. The van der Waals surface area contributed by atoms with Gasteiger partial charge in [0.15, 0.2) is 11.3 Å². The van der Waals surface area contributed by atoms with Crippen LogP contribution < -0.4 is 0 Å². The van der Waals surface area contributed by atoms with Gasteiger partial charge in [-0.2, -0.15) is 5.10 Å². The van der Waals surface area contributed by atoms with Crippen LogP contribution in [-0.2, 0) is 6.54 Å². The zero-order valence-corrected chi connectivity index (χ0v) is 13.8. The van der Waals surface area contributed by atoms with Gasteiger partial charge in [0.25, 0.3) is 0 Å². The zero-order chi connectivity index (χ0) is 16.5. The summed E-state index contributed by atoms with van der Waals surface area (Å²) in [5, 5.41) is 4.61. The summed E-state index contributed by atoms with van der Waals surface area (Å²) >= 11 is 0. The van der Waals surface area contributed by atoms with Crippen molar-refractivity contribution in [3.05, 3.63) is 60.9 Å². The first-order valence-corrected chi connectivity index (χ1v) is 8.18. The Kier molecular flexibility index (Phi) is 3.65. The van der Waals surface area contributed by atoms with E-state index >= 15 is 0 Å². The molecule has 0 spiro atoms. The monoisotopic (exact) mass is 317 g/mol. The van der Waals surface area contributed by atoms with Crippen LogP contribution in [0.1, 0.15) is 13.8 Å². The normalized spacial score (nSPS) is 11.5. The van der Waals surface area contributed by atoms with Gasteiger partial charge in [-0.3, -0.25) is 9.67 Å². The maximum atomic E-state index is 6.12. The van der Waals surface area contributed by atoms with Crippen LogP contribution >= 0.6 is 0 Å². The molecule has 0 fully saturated rings.